The Kier molecular flexibility index (Phi) is 4.37. The Morgan fingerprint density at radius 3 is 2.91 bits per heavy atom. The van der Waals surface area contributed by atoms with Crippen molar-refractivity contribution in [1.29, 1.82) is 0 Å². The van der Waals surface area contributed by atoms with Gasteiger partial charge in [-0.2, -0.15) is 0 Å². The summed E-state index contributed by atoms with van der Waals surface area (Å²) in [4.78, 5) is 14.8. The number of rotatable bonds is 5. The van der Waals surface area contributed by atoms with Crippen LogP contribution in [0.5, 0.6) is 5.75 Å². The van der Waals surface area contributed by atoms with Crippen LogP contribution in [0.15, 0.2) is 43.0 Å². The number of imidazole rings is 1. The molecule has 22 heavy (non-hydrogen) atoms. The molecular weight excluding hydrogens is 282 g/mol. The van der Waals surface area contributed by atoms with Crippen LogP contribution < -0.4 is 4.74 Å². The highest BCUT2D eigenvalue weighted by Gasteiger charge is 2.29. The molecule has 3 rings (SSSR count). The second-order valence-electron chi connectivity index (χ2n) is 5.69. The molecule has 1 fully saturated rings. The molecule has 6 nitrogen and oxygen atoms in total. The van der Waals surface area contributed by atoms with Crippen LogP contribution in [0.25, 0.3) is 0 Å². The first-order valence-electron chi connectivity index (χ1n) is 7.60. The molecule has 2 atom stereocenters. The van der Waals surface area contributed by atoms with Gasteiger partial charge in [0, 0.05) is 30.9 Å². The summed E-state index contributed by atoms with van der Waals surface area (Å²) in [6.07, 6.45) is 9.81. The van der Waals surface area contributed by atoms with Crippen LogP contribution in [-0.4, -0.2) is 20.6 Å². The average molecular weight is 301 g/mol. The van der Waals surface area contributed by atoms with Crippen molar-refractivity contribution in [3.8, 4) is 5.75 Å². The van der Waals surface area contributed by atoms with Gasteiger partial charge in [-0.25, -0.2) is 4.98 Å². The van der Waals surface area contributed by atoms with Gasteiger partial charge in [0.15, 0.2) is 5.75 Å². The molecule has 0 saturated heterocycles. The Balaban J connectivity index is 1.75. The van der Waals surface area contributed by atoms with Crippen LogP contribution >= 0.6 is 0 Å². The fourth-order valence-corrected chi connectivity index (χ4v) is 3.07. The quantitative estimate of drug-likeness (QED) is 0.626. The van der Waals surface area contributed by atoms with E-state index in [-0.39, 0.29) is 16.7 Å². The van der Waals surface area contributed by atoms with Gasteiger partial charge in [-0.3, -0.25) is 10.1 Å². The van der Waals surface area contributed by atoms with Gasteiger partial charge in [0.25, 0.3) is 0 Å². The predicted molar refractivity (Wildman–Crippen MR) is 81.7 cm³/mol. The van der Waals surface area contributed by atoms with Crippen LogP contribution in [0.3, 0.4) is 0 Å². The Bertz CT molecular complexity index is 627. The van der Waals surface area contributed by atoms with E-state index in [0.29, 0.717) is 11.7 Å². The summed E-state index contributed by atoms with van der Waals surface area (Å²) in [5, 5.41) is 11.1. The highest BCUT2D eigenvalue weighted by atomic mass is 16.6. The zero-order chi connectivity index (χ0) is 15.4. The molecule has 0 unspecified atom stereocenters. The number of nitro benzene ring substituents is 1. The number of ether oxygens (including phenoxy) is 1. The van der Waals surface area contributed by atoms with Gasteiger partial charge < -0.3 is 9.30 Å². The lowest BCUT2D eigenvalue weighted by atomic mass is 9.86. The molecule has 1 aliphatic rings. The Morgan fingerprint density at radius 1 is 1.32 bits per heavy atom. The molecule has 0 radical (unpaired) electrons. The van der Waals surface area contributed by atoms with Crippen molar-refractivity contribution in [2.75, 3.05) is 0 Å². The molecule has 0 amide bonds. The van der Waals surface area contributed by atoms with Gasteiger partial charge in [0.05, 0.1) is 11.3 Å². The highest BCUT2D eigenvalue weighted by Crippen LogP contribution is 2.33. The van der Waals surface area contributed by atoms with E-state index in [1.54, 1.807) is 30.7 Å². The van der Waals surface area contributed by atoms with Crippen molar-refractivity contribution < 1.29 is 9.66 Å². The summed E-state index contributed by atoms with van der Waals surface area (Å²) < 4.78 is 8.08. The number of para-hydroxylation sites is 2. The number of hydrogen-bond acceptors (Lipinski definition) is 4. The first kappa shape index (κ1) is 14.6. The summed E-state index contributed by atoms with van der Waals surface area (Å²) in [6.45, 7) is 0.839. The van der Waals surface area contributed by atoms with E-state index in [1.807, 2.05) is 10.8 Å². The van der Waals surface area contributed by atoms with Crippen molar-refractivity contribution in [2.45, 2.75) is 38.3 Å². The zero-order valence-electron chi connectivity index (χ0n) is 12.3. The summed E-state index contributed by atoms with van der Waals surface area (Å²) in [5.74, 6) is 0.720. The van der Waals surface area contributed by atoms with E-state index in [0.717, 1.165) is 25.8 Å². The number of nitrogens with zero attached hydrogens (tertiary/aromatic N) is 3. The van der Waals surface area contributed by atoms with E-state index < -0.39 is 0 Å². The van der Waals surface area contributed by atoms with Gasteiger partial charge in [0.1, 0.15) is 6.10 Å². The summed E-state index contributed by atoms with van der Waals surface area (Å²) in [6, 6.07) is 6.61. The third-order valence-electron chi connectivity index (χ3n) is 4.18. The van der Waals surface area contributed by atoms with E-state index in [4.69, 9.17) is 4.74 Å². The van der Waals surface area contributed by atoms with Gasteiger partial charge >= 0.3 is 5.69 Å². The first-order valence-corrected chi connectivity index (χ1v) is 7.60. The van der Waals surface area contributed by atoms with E-state index >= 15 is 0 Å². The van der Waals surface area contributed by atoms with E-state index in [2.05, 4.69) is 4.98 Å². The number of nitro groups is 1. The topological polar surface area (TPSA) is 70.2 Å². The third-order valence-corrected chi connectivity index (χ3v) is 4.18. The lowest BCUT2D eigenvalue weighted by Crippen LogP contribution is -2.33. The Labute approximate surface area is 128 Å². The van der Waals surface area contributed by atoms with E-state index in [9.17, 15) is 10.1 Å². The molecular formula is C16H19N3O3. The molecule has 116 valence electrons. The van der Waals surface area contributed by atoms with Crippen molar-refractivity contribution >= 4 is 5.69 Å². The Hall–Kier alpha value is -2.37. The summed E-state index contributed by atoms with van der Waals surface area (Å²) >= 11 is 0. The van der Waals surface area contributed by atoms with Crippen molar-refractivity contribution in [2.24, 2.45) is 5.92 Å². The maximum absolute atomic E-state index is 11.1. The Morgan fingerprint density at radius 2 is 2.14 bits per heavy atom. The molecule has 0 spiro atoms. The summed E-state index contributed by atoms with van der Waals surface area (Å²) in [5.41, 5.74) is 0.0365. The number of hydrogen-bond donors (Lipinski definition) is 0. The van der Waals surface area contributed by atoms with Gasteiger partial charge in [-0.1, -0.05) is 18.6 Å². The number of benzene rings is 1. The number of aromatic nitrogens is 2. The molecule has 0 bridgehead atoms. The van der Waals surface area contributed by atoms with Crippen molar-refractivity contribution in [3.05, 3.63) is 53.1 Å². The molecule has 2 aromatic rings. The second kappa shape index (κ2) is 6.60. The standard InChI is InChI=1S/C16H19N3O3/c20-19(21)14-6-2-4-8-16(14)22-15-7-3-1-5-13(15)11-18-10-9-17-12-18/h2,4,6,8-10,12-13,15H,1,3,5,7,11H2/t13-,15+/m1/s1. The van der Waals surface area contributed by atoms with E-state index in [1.165, 1.54) is 12.5 Å². The van der Waals surface area contributed by atoms with Gasteiger partial charge in [-0.15, -0.1) is 0 Å². The summed E-state index contributed by atoms with van der Waals surface area (Å²) in [7, 11) is 0. The minimum Gasteiger partial charge on any atom is -0.483 e. The second-order valence-corrected chi connectivity index (χ2v) is 5.69. The molecule has 1 aliphatic carbocycles. The lowest BCUT2D eigenvalue weighted by Gasteiger charge is -2.32. The van der Waals surface area contributed by atoms with Crippen LogP contribution in [0.1, 0.15) is 25.7 Å². The van der Waals surface area contributed by atoms with Crippen LogP contribution in [0.2, 0.25) is 0 Å². The minimum atomic E-state index is -0.386. The van der Waals surface area contributed by atoms with Crippen molar-refractivity contribution in [1.82, 2.24) is 9.55 Å². The molecule has 1 aromatic heterocycles. The normalized spacial score (nSPS) is 21.5. The predicted octanol–water partition coefficient (Wildman–Crippen LogP) is 3.43. The minimum absolute atomic E-state index is 0.0113. The highest BCUT2D eigenvalue weighted by molar-refractivity contribution is 5.45. The average Bonchev–Trinajstić information content (AvgIpc) is 3.02. The maximum Gasteiger partial charge on any atom is 0.310 e. The first-order chi connectivity index (χ1) is 10.7. The monoisotopic (exact) mass is 301 g/mol. The smallest absolute Gasteiger partial charge is 0.310 e. The van der Waals surface area contributed by atoms with Crippen LogP contribution in [0.4, 0.5) is 5.69 Å². The largest absolute Gasteiger partial charge is 0.483 e. The maximum atomic E-state index is 11.1. The van der Waals surface area contributed by atoms with Gasteiger partial charge in [0.2, 0.25) is 0 Å². The molecule has 6 heteroatoms. The lowest BCUT2D eigenvalue weighted by molar-refractivity contribution is -0.386. The molecule has 0 N–H and O–H groups in total. The molecule has 1 heterocycles. The van der Waals surface area contributed by atoms with Crippen LogP contribution in [0, 0.1) is 16.0 Å². The van der Waals surface area contributed by atoms with Crippen LogP contribution in [-0.2, 0) is 6.54 Å². The zero-order valence-corrected chi connectivity index (χ0v) is 12.3. The van der Waals surface area contributed by atoms with Crippen molar-refractivity contribution in [3.63, 3.8) is 0 Å². The fraction of sp³-hybridized carbons (Fsp3) is 0.438. The molecule has 1 aromatic carbocycles. The fourth-order valence-electron chi connectivity index (χ4n) is 3.07. The molecule has 0 aliphatic heterocycles. The SMILES string of the molecule is O=[N+]([O-])c1ccccc1O[C@H]1CCCC[C@@H]1Cn1ccnc1. The van der Waals surface area contributed by atoms with Gasteiger partial charge in [-0.05, 0) is 25.3 Å². The molecule has 1 saturated carbocycles. The third kappa shape index (κ3) is 3.27.